The molecule has 1 aromatic rings. The molecule has 3 saturated heterocycles. The van der Waals surface area contributed by atoms with Gasteiger partial charge in [-0.15, -0.1) is 0 Å². The van der Waals surface area contributed by atoms with Crippen molar-refractivity contribution in [3.05, 3.63) is 29.8 Å². The quantitative estimate of drug-likeness (QED) is 0.607. The molecule has 0 aromatic heterocycles. The van der Waals surface area contributed by atoms with Crippen LogP contribution in [-0.4, -0.2) is 51.1 Å². The first-order valence-corrected chi connectivity index (χ1v) is 9.75. The number of cyclic esters (lactones) is 1. The molecule has 4 rings (SSSR count). The molecule has 24 heavy (non-hydrogen) atoms. The molecule has 3 atom stereocenters. The SMILES string of the molecule is Cc1ccc(S(=O)(=O)O[C@@H]2CN3CCC[C@@H]3[C@]23CCOC3=O)cc1. The number of rotatable bonds is 3. The molecule has 0 unspecified atom stereocenters. The van der Waals surface area contributed by atoms with Gasteiger partial charge in [-0.1, -0.05) is 17.7 Å². The van der Waals surface area contributed by atoms with E-state index in [0.717, 1.165) is 24.9 Å². The molecule has 0 saturated carbocycles. The third-order valence-electron chi connectivity index (χ3n) is 5.61. The molecular formula is C17H21NO5S. The van der Waals surface area contributed by atoms with E-state index in [1.165, 1.54) is 0 Å². The number of aryl methyl sites for hydroxylation is 1. The predicted octanol–water partition coefficient (Wildman–Crippen LogP) is 1.48. The minimum Gasteiger partial charge on any atom is -0.465 e. The normalized spacial score (nSPS) is 33.1. The lowest BCUT2D eigenvalue weighted by atomic mass is 9.76. The Bertz CT molecular complexity index is 760. The molecular weight excluding hydrogens is 330 g/mol. The van der Waals surface area contributed by atoms with Gasteiger partial charge in [0.1, 0.15) is 11.5 Å². The largest absolute Gasteiger partial charge is 0.465 e. The number of hydrogen-bond donors (Lipinski definition) is 0. The minimum atomic E-state index is -3.91. The Hall–Kier alpha value is -1.44. The van der Waals surface area contributed by atoms with Crippen molar-refractivity contribution in [2.24, 2.45) is 5.41 Å². The van der Waals surface area contributed by atoms with E-state index in [1.807, 2.05) is 6.92 Å². The topological polar surface area (TPSA) is 72.9 Å². The second-order valence-corrected chi connectivity index (χ2v) is 8.50. The molecule has 0 bridgehead atoms. The van der Waals surface area contributed by atoms with Gasteiger partial charge in [-0.3, -0.25) is 13.9 Å². The van der Waals surface area contributed by atoms with E-state index < -0.39 is 21.6 Å². The molecule has 0 amide bonds. The fourth-order valence-corrected chi connectivity index (χ4v) is 5.51. The number of benzene rings is 1. The van der Waals surface area contributed by atoms with Crippen LogP contribution in [0.2, 0.25) is 0 Å². The summed E-state index contributed by atoms with van der Waals surface area (Å²) in [6.45, 7) is 3.58. The predicted molar refractivity (Wildman–Crippen MR) is 85.8 cm³/mol. The van der Waals surface area contributed by atoms with Gasteiger partial charge in [-0.2, -0.15) is 8.42 Å². The Labute approximate surface area is 141 Å². The van der Waals surface area contributed by atoms with Gasteiger partial charge in [-0.25, -0.2) is 0 Å². The molecule has 0 N–H and O–H groups in total. The van der Waals surface area contributed by atoms with Crippen LogP contribution in [0, 0.1) is 12.3 Å². The van der Waals surface area contributed by atoms with E-state index >= 15 is 0 Å². The maximum absolute atomic E-state index is 12.7. The Morgan fingerprint density at radius 1 is 1.29 bits per heavy atom. The fourth-order valence-electron chi connectivity index (χ4n) is 4.39. The summed E-state index contributed by atoms with van der Waals surface area (Å²) < 4.78 is 36.2. The lowest BCUT2D eigenvalue weighted by molar-refractivity contribution is -0.150. The maximum atomic E-state index is 12.7. The first-order valence-electron chi connectivity index (χ1n) is 8.35. The monoisotopic (exact) mass is 351 g/mol. The zero-order valence-electron chi connectivity index (χ0n) is 13.6. The average molecular weight is 351 g/mol. The molecule has 1 aromatic carbocycles. The Balaban J connectivity index is 1.66. The summed E-state index contributed by atoms with van der Waals surface area (Å²) in [6, 6.07) is 6.59. The molecule has 6 nitrogen and oxygen atoms in total. The Morgan fingerprint density at radius 3 is 2.71 bits per heavy atom. The zero-order valence-corrected chi connectivity index (χ0v) is 14.4. The summed E-state index contributed by atoms with van der Waals surface area (Å²) in [5, 5.41) is 0. The lowest BCUT2D eigenvalue weighted by Crippen LogP contribution is -2.46. The summed E-state index contributed by atoms with van der Waals surface area (Å²) in [6.07, 6.45) is 1.77. The van der Waals surface area contributed by atoms with Crippen LogP contribution in [-0.2, 0) is 23.8 Å². The zero-order chi connectivity index (χ0) is 16.9. The second kappa shape index (κ2) is 5.54. The smallest absolute Gasteiger partial charge is 0.316 e. The number of hydrogen-bond acceptors (Lipinski definition) is 6. The van der Waals surface area contributed by atoms with Gasteiger partial charge in [-0.05, 0) is 38.4 Å². The van der Waals surface area contributed by atoms with E-state index in [4.69, 9.17) is 8.92 Å². The maximum Gasteiger partial charge on any atom is 0.316 e. The van der Waals surface area contributed by atoms with Gasteiger partial charge in [0.15, 0.2) is 0 Å². The van der Waals surface area contributed by atoms with Crippen molar-refractivity contribution in [1.29, 1.82) is 0 Å². The Kier molecular flexibility index (Phi) is 3.71. The number of carbonyl (C=O) groups excluding carboxylic acids is 1. The van der Waals surface area contributed by atoms with Crippen molar-refractivity contribution in [2.75, 3.05) is 19.7 Å². The highest BCUT2D eigenvalue weighted by Gasteiger charge is 2.64. The van der Waals surface area contributed by atoms with Crippen LogP contribution in [0.5, 0.6) is 0 Å². The number of esters is 1. The van der Waals surface area contributed by atoms with Crippen molar-refractivity contribution < 1.29 is 22.1 Å². The van der Waals surface area contributed by atoms with Gasteiger partial charge in [0.05, 0.1) is 11.5 Å². The van der Waals surface area contributed by atoms with Crippen molar-refractivity contribution >= 4 is 16.1 Å². The van der Waals surface area contributed by atoms with Crippen LogP contribution in [0.4, 0.5) is 0 Å². The van der Waals surface area contributed by atoms with Gasteiger partial charge in [0.25, 0.3) is 10.1 Å². The van der Waals surface area contributed by atoms with E-state index in [9.17, 15) is 13.2 Å². The van der Waals surface area contributed by atoms with E-state index in [0.29, 0.717) is 19.6 Å². The molecule has 130 valence electrons. The third kappa shape index (κ3) is 2.29. The first kappa shape index (κ1) is 16.1. The third-order valence-corrected chi connectivity index (χ3v) is 6.95. The summed E-state index contributed by atoms with van der Waals surface area (Å²) in [4.78, 5) is 14.8. The van der Waals surface area contributed by atoms with Crippen LogP contribution < -0.4 is 0 Å². The van der Waals surface area contributed by atoms with Crippen molar-refractivity contribution in [3.8, 4) is 0 Å². The van der Waals surface area contributed by atoms with Crippen molar-refractivity contribution in [3.63, 3.8) is 0 Å². The Morgan fingerprint density at radius 2 is 2.04 bits per heavy atom. The van der Waals surface area contributed by atoms with Crippen LogP contribution >= 0.6 is 0 Å². The van der Waals surface area contributed by atoms with Crippen molar-refractivity contribution in [2.45, 2.75) is 43.2 Å². The molecule has 3 aliphatic rings. The van der Waals surface area contributed by atoms with E-state index in [-0.39, 0.29) is 16.9 Å². The van der Waals surface area contributed by atoms with Gasteiger partial charge >= 0.3 is 5.97 Å². The van der Waals surface area contributed by atoms with E-state index in [2.05, 4.69) is 4.90 Å². The number of carbonyl (C=O) groups is 1. The number of nitrogens with zero attached hydrogens (tertiary/aromatic N) is 1. The summed E-state index contributed by atoms with van der Waals surface area (Å²) in [5.74, 6) is -0.305. The minimum absolute atomic E-state index is 0.0331. The lowest BCUT2D eigenvalue weighted by Gasteiger charge is -2.30. The first-order chi connectivity index (χ1) is 11.4. The van der Waals surface area contributed by atoms with Crippen LogP contribution in [0.15, 0.2) is 29.2 Å². The highest BCUT2D eigenvalue weighted by atomic mass is 32.2. The van der Waals surface area contributed by atoms with E-state index in [1.54, 1.807) is 24.3 Å². The fraction of sp³-hybridized carbons (Fsp3) is 0.588. The molecule has 3 heterocycles. The molecule has 7 heteroatoms. The average Bonchev–Trinajstić information content (AvgIpc) is 3.19. The summed E-state index contributed by atoms with van der Waals surface area (Å²) >= 11 is 0. The summed E-state index contributed by atoms with van der Waals surface area (Å²) in [5.41, 5.74) is 0.139. The van der Waals surface area contributed by atoms with Gasteiger partial charge in [0, 0.05) is 19.0 Å². The summed E-state index contributed by atoms with van der Waals surface area (Å²) in [7, 11) is -3.91. The van der Waals surface area contributed by atoms with Gasteiger partial charge in [0.2, 0.25) is 0 Å². The molecule has 1 spiro atoms. The molecule has 0 aliphatic carbocycles. The van der Waals surface area contributed by atoms with Crippen molar-refractivity contribution in [1.82, 2.24) is 4.90 Å². The number of ether oxygens (including phenoxy) is 1. The van der Waals surface area contributed by atoms with Crippen LogP contribution in [0.1, 0.15) is 24.8 Å². The number of fused-ring (bicyclic) bond motifs is 2. The molecule has 0 radical (unpaired) electrons. The molecule has 3 aliphatic heterocycles. The van der Waals surface area contributed by atoms with Crippen LogP contribution in [0.25, 0.3) is 0 Å². The standard InChI is InChI=1S/C17H21NO5S/c1-12-4-6-13(7-5-12)24(20,21)23-15-11-18-9-2-3-14(18)17(15)8-10-22-16(17)19/h4-7,14-15H,2-3,8-11H2,1H3/t14-,15-,17-/m1/s1. The second-order valence-electron chi connectivity index (χ2n) is 6.93. The highest BCUT2D eigenvalue weighted by Crippen LogP contribution is 2.50. The van der Waals surface area contributed by atoms with Gasteiger partial charge < -0.3 is 4.74 Å². The van der Waals surface area contributed by atoms with Crippen LogP contribution in [0.3, 0.4) is 0 Å². The molecule has 3 fully saturated rings. The highest BCUT2D eigenvalue weighted by molar-refractivity contribution is 7.86.